The number of carbonyl (C=O) groups excluding carboxylic acids is 1. The Hall–Kier alpha value is -2.94. The van der Waals surface area contributed by atoms with Gasteiger partial charge < -0.3 is 19.9 Å². The van der Waals surface area contributed by atoms with Gasteiger partial charge in [0.1, 0.15) is 17.2 Å². The highest BCUT2D eigenvalue weighted by Crippen LogP contribution is 2.40. The van der Waals surface area contributed by atoms with Crippen molar-refractivity contribution in [3.8, 4) is 17.2 Å². The lowest BCUT2D eigenvalue weighted by atomic mass is 10.0. The van der Waals surface area contributed by atoms with Gasteiger partial charge in [0.25, 0.3) is 11.5 Å². The van der Waals surface area contributed by atoms with E-state index in [-0.39, 0.29) is 28.0 Å². The molecule has 0 spiro atoms. The molecule has 0 aromatic heterocycles. The minimum Gasteiger partial charge on any atom is -0.478 e. The van der Waals surface area contributed by atoms with E-state index in [1.165, 1.54) is 18.2 Å². The average Bonchev–Trinajstić information content (AvgIpc) is 2.57. The molecule has 1 aliphatic heterocycles. The van der Waals surface area contributed by atoms with Crippen LogP contribution in [-0.2, 0) is 15.8 Å². The van der Waals surface area contributed by atoms with Crippen LogP contribution in [-0.4, -0.2) is 22.6 Å². The average molecular weight is 402 g/mol. The fourth-order valence-electron chi connectivity index (χ4n) is 2.29. The molecule has 3 rings (SSSR count). The van der Waals surface area contributed by atoms with Crippen LogP contribution < -0.4 is 14.8 Å². The second-order valence-electron chi connectivity index (χ2n) is 5.80. The van der Waals surface area contributed by atoms with Gasteiger partial charge in [-0.1, -0.05) is 11.6 Å². The number of halogens is 4. The molecular weight excluding hydrogens is 391 g/mol. The molecule has 2 aromatic carbocycles. The Morgan fingerprint density at radius 3 is 2.56 bits per heavy atom. The Morgan fingerprint density at radius 1 is 1.26 bits per heavy atom. The summed E-state index contributed by atoms with van der Waals surface area (Å²) in [7, 11) is 0. The highest BCUT2D eigenvalue weighted by atomic mass is 35.5. The first-order chi connectivity index (χ1) is 12.5. The highest BCUT2D eigenvalue weighted by Gasteiger charge is 2.47. The molecule has 1 heterocycles. The topological polar surface area (TPSA) is 84.9 Å². The summed E-state index contributed by atoms with van der Waals surface area (Å²) in [5.74, 6) is -2.21. The van der Waals surface area contributed by atoms with E-state index in [0.717, 1.165) is 25.1 Å². The number of carboxylic acids is 1. The number of amides is 1. The number of nitrogens with one attached hydrogen (secondary N) is 1. The number of hydrogen-bond donors (Lipinski definition) is 2. The van der Waals surface area contributed by atoms with Gasteiger partial charge in [0.15, 0.2) is 0 Å². The Labute approximate surface area is 155 Å². The number of carboxylic acid groups (broad SMARTS) is 1. The molecular formula is C17H11ClF3NO5. The van der Waals surface area contributed by atoms with Crippen molar-refractivity contribution < 1.29 is 37.3 Å². The Morgan fingerprint density at radius 2 is 1.96 bits per heavy atom. The molecule has 0 bridgehead atoms. The summed E-state index contributed by atoms with van der Waals surface area (Å²) in [6.07, 6.45) is -4.54. The van der Waals surface area contributed by atoms with Crippen LogP contribution in [0.4, 0.5) is 18.9 Å². The quantitative estimate of drug-likeness (QED) is 0.748. The van der Waals surface area contributed by atoms with Crippen LogP contribution in [0, 0.1) is 0 Å². The number of hydrogen-bond acceptors (Lipinski definition) is 4. The highest BCUT2D eigenvalue weighted by molar-refractivity contribution is 6.32. The zero-order valence-electron chi connectivity index (χ0n) is 13.6. The van der Waals surface area contributed by atoms with Crippen molar-refractivity contribution in [3.63, 3.8) is 0 Å². The maximum Gasteiger partial charge on any atom is 0.416 e. The van der Waals surface area contributed by atoms with E-state index in [0.29, 0.717) is 0 Å². The fraction of sp³-hybridized carbons (Fsp3) is 0.176. The molecule has 0 aliphatic carbocycles. The van der Waals surface area contributed by atoms with Crippen molar-refractivity contribution in [2.24, 2.45) is 0 Å². The number of ether oxygens (including phenoxy) is 2. The molecule has 0 saturated carbocycles. The van der Waals surface area contributed by atoms with Crippen LogP contribution in [0.15, 0.2) is 36.4 Å². The molecule has 1 unspecified atom stereocenters. The third kappa shape index (κ3) is 3.50. The van der Waals surface area contributed by atoms with E-state index in [9.17, 15) is 27.9 Å². The number of benzene rings is 2. The first kappa shape index (κ1) is 18.8. The minimum atomic E-state index is -4.54. The molecule has 142 valence electrons. The molecule has 2 aromatic rings. The molecule has 1 atom stereocenters. The van der Waals surface area contributed by atoms with Crippen LogP contribution in [0.1, 0.15) is 12.5 Å². The summed E-state index contributed by atoms with van der Waals surface area (Å²) in [6, 6.07) is 6.73. The largest absolute Gasteiger partial charge is 0.478 e. The van der Waals surface area contributed by atoms with Gasteiger partial charge >= 0.3 is 12.1 Å². The lowest BCUT2D eigenvalue weighted by Gasteiger charge is -2.31. The lowest BCUT2D eigenvalue weighted by molar-refractivity contribution is -0.159. The number of fused-ring (bicyclic) bond motifs is 1. The lowest BCUT2D eigenvalue weighted by Crippen LogP contribution is -2.54. The van der Waals surface area contributed by atoms with Gasteiger partial charge in [-0.2, -0.15) is 13.2 Å². The smallest absolute Gasteiger partial charge is 0.416 e. The second kappa shape index (κ2) is 6.34. The van der Waals surface area contributed by atoms with Crippen molar-refractivity contribution in [3.05, 3.63) is 47.0 Å². The van der Waals surface area contributed by atoms with Crippen molar-refractivity contribution in [2.75, 3.05) is 5.32 Å². The number of rotatable bonds is 3. The van der Waals surface area contributed by atoms with Gasteiger partial charge in [0.2, 0.25) is 0 Å². The summed E-state index contributed by atoms with van der Waals surface area (Å²) in [5, 5.41) is 11.3. The Bertz CT molecular complexity index is 947. The van der Waals surface area contributed by atoms with E-state index < -0.39 is 29.2 Å². The number of alkyl halides is 3. The van der Waals surface area contributed by atoms with E-state index in [1.54, 1.807) is 0 Å². The minimum absolute atomic E-state index is 0.0278. The molecule has 2 N–H and O–H groups in total. The maximum atomic E-state index is 12.7. The van der Waals surface area contributed by atoms with Gasteiger partial charge in [-0.3, -0.25) is 4.79 Å². The van der Waals surface area contributed by atoms with Gasteiger partial charge in [-0.15, -0.1) is 0 Å². The van der Waals surface area contributed by atoms with Crippen molar-refractivity contribution in [1.82, 2.24) is 0 Å². The first-order valence-corrected chi connectivity index (χ1v) is 7.81. The SMILES string of the molecule is CC1(C(=O)O)Oc2cc(Oc3ccc(C(F)(F)F)cc3Cl)ccc2NC1=O. The molecule has 0 fully saturated rings. The third-order valence-electron chi connectivity index (χ3n) is 3.84. The van der Waals surface area contributed by atoms with Gasteiger partial charge in [-0.25, -0.2) is 4.79 Å². The maximum absolute atomic E-state index is 12.7. The molecule has 0 saturated heterocycles. The number of aliphatic carboxylic acids is 1. The summed E-state index contributed by atoms with van der Waals surface area (Å²) in [5.41, 5.74) is -2.82. The zero-order valence-corrected chi connectivity index (χ0v) is 14.3. The number of anilines is 1. The first-order valence-electron chi connectivity index (χ1n) is 7.43. The van der Waals surface area contributed by atoms with Crippen LogP contribution >= 0.6 is 11.6 Å². The summed E-state index contributed by atoms with van der Waals surface area (Å²) < 4.78 is 48.8. The van der Waals surface area contributed by atoms with Gasteiger partial charge in [0.05, 0.1) is 16.3 Å². The molecule has 6 nitrogen and oxygen atoms in total. The second-order valence-corrected chi connectivity index (χ2v) is 6.20. The summed E-state index contributed by atoms with van der Waals surface area (Å²) in [4.78, 5) is 23.2. The van der Waals surface area contributed by atoms with E-state index in [4.69, 9.17) is 21.1 Å². The predicted octanol–water partition coefficient (Wildman–Crippen LogP) is 4.33. The molecule has 27 heavy (non-hydrogen) atoms. The standard InChI is InChI=1S/C17H11ClF3NO5/c1-16(15(24)25)14(23)22-11-4-3-9(7-13(11)27-16)26-12-5-2-8(6-10(12)18)17(19,20)21/h2-7H,1H3,(H,22,23)(H,24,25). The van der Waals surface area contributed by atoms with E-state index in [1.807, 2.05) is 0 Å². The molecule has 10 heteroatoms. The normalized spacial score (nSPS) is 18.9. The zero-order chi connectivity index (χ0) is 20.0. The predicted molar refractivity (Wildman–Crippen MR) is 88.3 cm³/mol. The molecule has 1 amide bonds. The number of carbonyl (C=O) groups is 2. The monoisotopic (exact) mass is 401 g/mol. The fourth-order valence-corrected chi connectivity index (χ4v) is 2.51. The van der Waals surface area contributed by atoms with Crippen LogP contribution in [0.3, 0.4) is 0 Å². The summed E-state index contributed by atoms with van der Waals surface area (Å²) in [6.45, 7) is 1.09. The molecule has 1 aliphatic rings. The van der Waals surface area contributed by atoms with Gasteiger partial charge in [0, 0.05) is 6.07 Å². The van der Waals surface area contributed by atoms with Crippen molar-refractivity contribution >= 4 is 29.2 Å². The Kier molecular flexibility index (Phi) is 4.43. The molecule has 0 radical (unpaired) electrons. The third-order valence-corrected chi connectivity index (χ3v) is 4.14. The van der Waals surface area contributed by atoms with Gasteiger partial charge in [-0.05, 0) is 37.3 Å². The Balaban J connectivity index is 1.89. The van der Waals surface area contributed by atoms with Crippen molar-refractivity contribution in [2.45, 2.75) is 18.7 Å². The summed E-state index contributed by atoms with van der Waals surface area (Å²) >= 11 is 5.84. The van der Waals surface area contributed by atoms with Crippen LogP contribution in [0.25, 0.3) is 0 Å². The van der Waals surface area contributed by atoms with E-state index >= 15 is 0 Å². The van der Waals surface area contributed by atoms with E-state index in [2.05, 4.69) is 5.32 Å². The van der Waals surface area contributed by atoms with Crippen LogP contribution in [0.2, 0.25) is 5.02 Å². The van der Waals surface area contributed by atoms with Crippen molar-refractivity contribution in [1.29, 1.82) is 0 Å². The van der Waals surface area contributed by atoms with Crippen LogP contribution in [0.5, 0.6) is 17.2 Å².